The van der Waals surface area contributed by atoms with Crippen molar-refractivity contribution in [3.05, 3.63) is 35.5 Å². The topological polar surface area (TPSA) is 38.0 Å². The number of nitrogens with one attached hydrogen (secondary N) is 1. The summed E-state index contributed by atoms with van der Waals surface area (Å²) in [5.74, 6) is 0. The van der Waals surface area contributed by atoms with Crippen molar-refractivity contribution in [1.29, 1.82) is 0 Å². The third-order valence-corrected chi connectivity index (χ3v) is 1.69. The summed E-state index contributed by atoms with van der Waals surface area (Å²) in [4.78, 5) is 0. The highest BCUT2D eigenvalue weighted by molar-refractivity contribution is 6.30. The molecule has 0 saturated carbocycles. The van der Waals surface area contributed by atoms with E-state index in [2.05, 4.69) is 11.9 Å². The molecule has 0 atom stereocenters. The quantitative estimate of drug-likeness (QED) is 0.545. The third-order valence-electron chi connectivity index (χ3n) is 1.59. The summed E-state index contributed by atoms with van der Waals surface area (Å²) in [6.07, 6.45) is 0. The van der Waals surface area contributed by atoms with Crippen molar-refractivity contribution in [1.82, 2.24) is 0 Å². The maximum absolute atomic E-state index is 5.77. The molecule has 0 aliphatic heterocycles. The average molecular weight is 183 g/mol. The van der Waals surface area contributed by atoms with Crippen molar-refractivity contribution in [2.45, 2.75) is 6.92 Å². The van der Waals surface area contributed by atoms with Gasteiger partial charge in [0.2, 0.25) is 0 Å². The molecule has 1 aromatic rings. The van der Waals surface area contributed by atoms with Crippen LogP contribution in [0.1, 0.15) is 5.56 Å². The molecule has 0 amide bonds. The summed E-state index contributed by atoms with van der Waals surface area (Å²) in [7, 11) is 0. The highest BCUT2D eigenvalue weighted by Crippen LogP contribution is 2.23. The molecule has 0 fully saturated rings. The lowest BCUT2D eigenvalue weighted by Gasteiger charge is -2.08. The van der Waals surface area contributed by atoms with Gasteiger partial charge in [0, 0.05) is 0 Å². The smallest absolute Gasteiger partial charge is 0.0989 e. The zero-order valence-corrected chi connectivity index (χ0v) is 7.65. The van der Waals surface area contributed by atoms with E-state index in [-0.39, 0.29) is 0 Å². The summed E-state index contributed by atoms with van der Waals surface area (Å²) >= 11 is 5.58. The predicted molar refractivity (Wildman–Crippen MR) is 54.2 cm³/mol. The zero-order chi connectivity index (χ0) is 9.14. The number of nitrogen functional groups attached to an aromatic ring is 1. The van der Waals surface area contributed by atoms with Crippen LogP contribution in [0.2, 0.25) is 0 Å². The van der Waals surface area contributed by atoms with Gasteiger partial charge in [0.25, 0.3) is 0 Å². The molecule has 0 spiro atoms. The van der Waals surface area contributed by atoms with Crippen LogP contribution in [-0.2, 0) is 0 Å². The second kappa shape index (κ2) is 3.50. The number of halogens is 1. The van der Waals surface area contributed by atoms with E-state index in [1.54, 1.807) is 0 Å². The lowest BCUT2D eigenvalue weighted by molar-refractivity contribution is 1.45. The second-order valence-corrected chi connectivity index (χ2v) is 3.02. The molecule has 1 rings (SSSR count). The summed E-state index contributed by atoms with van der Waals surface area (Å²) < 4.78 is 0. The Morgan fingerprint density at radius 3 is 2.83 bits per heavy atom. The molecule has 3 N–H and O–H groups in total. The highest BCUT2D eigenvalue weighted by atomic mass is 35.5. The number of aryl methyl sites for hydroxylation is 1. The minimum Gasteiger partial charge on any atom is -0.397 e. The van der Waals surface area contributed by atoms with Gasteiger partial charge in [-0.1, -0.05) is 30.3 Å². The minimum absolute atomic E-state index is 0.368. The van der Waals surface area contributed by atoms with Crippen LogP contribution in [0.3, 0.4) is 0 Å². The van der Waals surface area contributed by atoms with E-state index in [0.717, 1.165) is 11.3 Å². The van der Waals surface area contributed by atoms with Gasteiger partial charge in [-0.3, -0.25) is 0 Å². The molecule has 0 saturated heterocycles. The third kappa shape index (κ3) is 1.92. The number of nitrogens with two attached hydrogens (primary N) is 1. The summed E-state index contributed by atoms with van der Waals surface area (Å²) in [6, 6.07) is 5.71. The Morgan fingerprint density at radius 1 is 1.58 bits per heavy atom. The van der Waals surface area contributed by atoms with E-state index >= 15 is 0 Å². The molecule has 0 bridgehead atoms. The second-order valence-electron chi connectivity index (χ2n) is 2.57. The molecule has 3 heteroatoms. The minimum atomic E-state index is 0.368. The molecule has 0 aliphatic rings. The van der Waals surface area contributed by atoms with Gasteiger partial charge in [0.05, 0.1) is 16.5 Å². The molecule has 0 unspecified atom stereocenters. The molecule has 0 heterocycles. The Morgan fingerprint density at radius 2 is 2.25 bits per heavy atom. The Kier molecular flexibility index (Phi) is 2.61. The van der Waals surface area contributed by atoms with E-state index in [1.165, 1.54) is 0 Å². The van der Waals surface area contributed by atoms with Gasteiger partial charge in [-0.15, -0.1) is 0 Å². The standard InChI is InChI=1S/C9H11ClN2/c1-6-4-3-5-8(9(6)11)12-7(2)10/h3-5,12H,2,11H2,1H3. The lowest BCUT2D eigenvalue weighted by Crippen LogP contribution is -1.98. The van der Waals surface area contributed by atoms with Gasteiger partial charge >= 0.3 is 0 Å². The molecule has 12 heavy (non-hydrogen) atoms. The summed E-state index contributed by atoms with van der Waals surface area (Å²) in [6.45, 7) is 5.46. The van der Waals surface area contributed by atoms with Crippen LogP contribution in [0.25, 0.3) is 0 Å². The fourth-order valence-electron chi connectivity index (χ4n) is 0.936. The first-order valence-electron chi connectivity index (χ1n) is 3.58. The number of benzene rings is 1. The van der Waals surface area contributed by atoms with Crippen molar-refractivity contribution >= 4 is 23.0 Å². The van der Waals surface area contributed by atoms with Gasteiger partial charge < -0.3 is 11.1 Å². The maximum atomic E-state index is 5.77. The zero-order valence-electron chi connectivity index (χ0n) is 6.89. The van der Waals surface area contributed by atoms with Crippen LogP contribution >= 0.6 is 11.6 Å². The predicted octanol–water partition coefficient (Wildman–Crippen LogP) is 2.70. The Hall–Kier alpha value is -1.15. The fourth-order valence-corrected chi connectivity index (χ4v) is 1.04. The van der Waals surface area contributed by atoms with Crippen LogP contribution in [0.4, 0.5) is 11.4 Å². The van der Waals surface area contributed by atoms with E-state index in [1.807, 2.05) is 25.1 Å². The van der Waals surface area contributed by atoms with Gasteiger partial charge in [0.15, 0.2) is 0 Å². The summed E-state index contributed by atoms with van der Waals surface area (Å²) in [5, 5.41) is 3.23. The molecular formula is C9H11ClN2. The van der Waals surface area contributed by atoms with Crippen molar-refractivity contribution in [2.75, 3.05) is 11.1 Å². The van der Waals surface area contributed by atoms with Crippen molar-refractivity contribution in [2.24, 2.45) is 0 Å². The largest absolute Gasteiger partial charge is 0.397 e. The number of para-hydroxylation sites is 1. The Labute approximate surface area is 77.0 Å². The fraction of sp³-hybridized carbons (Fsp3) is 0.111. The first kappa shape index (κ1) is 8.94. The van der Waals surface area contributed by atoms with E-state index < -0.39 is 0 Å². The van der Waals surface area contributed by atoms with Crippen molar-refractivity contribution in [3.63, 3.8) is 0 Å². The summed E-state index contributed by atoms with van der Waals surface area (Å²) in [5.41, 5.74) is 8.30. The molecule has 1 aromatic carbocycles. The molecule has 64 valence electrons. The normalized spacial score (nSPS) is 9.50. The van der Waals surface area contributed by atoms with Crippen molar-refractivity contribution in [3.8, 4) is 0 Å². The number of hydrogen-bond donors (Lipinski definition) is 2. The number of hydrogen-bond acceptors (Lipinski definition) is 2. The van der Waals surface area contributed by atoms with Gasteiger partial charge in [-0.25, -0.2) is 0 Å². The molecular weight excluding hydrogens is 172 g/mol. The van der Waals surface area contributed by atoms with E-state index in [9.17, 15) is 0 Å². The first-order chi connectivity index (χ1) is 5.61. The SMILES string of the molecule is C=C(Cl)Nc1cccc(C)c1N. The van der Waals surface area contributed by atoms with Crippen LogP contribution in [0.5, 0.6) is 0 Å². The Bertz CT molecular complexity index is 307. The first-order valence-corrected chi connectivity index (χ1v) is 3.95. The molecule has 0 aromatic heterocycles. The van der Waals surface area contributed by atoms with Crippen molar-refractivity contribution < 1.29 is 0 Å². The van der Waals surface area contributed by atoms with E-state index in [0.29, 0.717) is 10.8 Å². The van der Waals surface area contributed by atoms with Crippen LogP contribution in [0.15, 0.2) is 29.9 Å². The van der Waals surface area contributed by atoms with Crippen LogP contribution < -0.4 is 11.1 Å². The van der Waals surface area contributed by atoms with Gasteiger partial charge in [-0.2, -0.15) is 0 Å². The van der Waals surface area contributed by atoms with Gasteiger partial charge in [-0.05, 0) is 18.6 Å². The lowest BCUT2D eigenvalue weighted by atomic mass is 10.2. The monoisotopic (exact) mass is 182 g/mol. The maximum Gasteiger partial charge on any atom is 0.0989 e. The van der Waals surface area contributed by atoms with Gasteiger partial charge in [0.1, 0.15) is 0 Å². The molecule has 0 radical (unpaired) electrons. The Balaban J connectivity index is 3.00. The molecule has 2 nitrogen and oxygen atoms in total. The van der Waals surface area contributed by atoms with E-state index in [4.69, 9.17) is 17.3 Å². The number of anilines is 2. The molecule has 0 aliphatic carbocycles. The van der Waals surface area contributed by atoms with Crippen LogP contribution in [-0.4, -0.2) is 0 Å². The number of rotatable bonds is 2. The highest BCUT2D eigenvalue weighted by Gasteiger charge is 2.00. The van der Waals surface area contributed by atoms with Crippen LogP contribution in [0, 0.1) is 6.92 Å². The average Bonchev–Trinajstić information content (AvgIpc) is 1.98.